The van der Waals surface area contributed by atoms with Gasteiger partial charge in [-0.05, 0) is 132 Å². The second kappa shape index (κ2) is 16.7. The Kier molecular flexibility index (Phi) is 11.3. The van der Waals surface area contributed by atoms with Crippen LogP contribution in [0.4, 0.5) is 0 Å². The van der Waals surface area contributed by atoms with Crippen molar-refractivity contribution in [2.75, 3.05) is 40.4 Å². The third kappa shape index (κ3) is 7.93. The number of allylic oxidation sites excluding steroid dienone is 1. The Balaban J connectivity index is 1.29. The Bertz CT molecular complexity index is 2260. The molecule has 2 aromatic carbocycles. The first kappa shape index (κ1) is 39.2. The van der Waals surface area contributed by atoms with Gasteiger partial charge in [-0.1, -0.05) is 0 Å². The first-order valence-electron chi connectivity index (χ1n) is 20.0. The van der Waals surface area contributed by atoms with Crippen LogP contribution in [0.5, 0.6) is 11.5 Å². The van der Waals surface area contributed by atoms with Crippen molar-refractivity contribution in [3.05, 3.63) is 83.4 Å². The van der Waals surface area contributed by atoms with Gasteiger partial charge in [0.25, 0.3) is 0 Å². The molecule has 2 aromatic heterocycles. The van der Waals surface area contributed by atoms with Crippen molar-refractivity contribution < 1.29 is 28.4 Å². The molecule has 0 bridgehead atoms. The summed E-state index contributed by atoms with van der Waals surface area (Å²) in [6.45, 7) is 7.32. The van der Waals surface area contributed by atoms with E-state index < -0.39 is 23.9 Å². The number of aliphatic imine (C=N–C) groups is 2. The van der Waals surface area contributed by atoms with E-state index in [0.29, 0.717) is 28.5 Å². The van der Waals surface area contributed by atoms with E-state index in [1.807, 2.05) is 62.4 Å². The molecule has 3 aliphatic heterocycles. The standard InChI is InChI=1S/C44H50N8O6/c1-27-21-31-23-33(5-7-36(31)49-27)57-44(58-34-6-8-37-32(24-34)22-28(2)50-37)35-26-43(53-3,54-4)41(55-39(9-15-45)29-11-17-47-18-12-29)25-38(35)51-42(52-44)56-40(10-16-46)30-13-19-48-20-14-30/h5-8,21-26,29-30,39-40,47-50H,9-14,17-20H2,1-4H3. The molecular formula is C44H50N8O6. The molecular weight excluding hydrogens is 737 g/mol. The van der Waals surface area contributed by atoms with Gasteiger partial charge in [-0.15, -0.1) is 4.99 Å². The molecule has 0 spiro atoms. The Labute approximate surface area is 337 Å². The second-order valence-corrected chi connectivity index (χ2v) is 15.4. The summed E-state index contributed by atoms with van der Waals surface area (Å²) >= 11 is 0. The lowest BCUT2D eigenvalue weighted by molar-refractivity contribution is -0.180. The zero-order chi connectivity index (χ0) is 40.3. The third-order valence-corrected chi connectivity index (χ3v) is 11.5. The number of rotatable bonds is 13. The number of hydrogen-bond donors (Lipinski definition) is 4. The van der Waals surface area contributed by atoms with E-state index >= 15 is 0 Å². The minimum atomic E-state index is -1.96. The molecule has 58 heavy (non-hydrogen) atoms. The van der Waals surface area contributed by atoms with Crippen LogP contribution in [0.25, 0.3) is 21.8 Å². The van der Waals surface area contributed by atoms with Crippen LogP contribution >= 0.6 is 0 Å². The minimum absolute atomic E-state index is 0.00655. The summed E-state index contributed by atoms with van der Waals surface area (Å²) in [4.78, 5) is 16.9. The number of aromatic amines is 2. The molecule has 4 aromatic rings. The van der Waals surface area contributed by atoms with Gasteiger partial charge in [0.05, 0.1) is 36.3 Å². The molecule has 0 saturated carbocycles. The lowest BCUT2D eigenvalue weighted by atomic mass is 9.89. The van der Waals surface area contributed by atoms with Crippen LogP contribution in [0.2, 0.25) is 0 Å². The van der Waals surface area contributed by atoms with E-state index in [1.54, 1.807) is 12.2 Å². The van der Waals surface area contributed by atoms with Gasteiger partial charge in [-0.3, -0.25) is 0 Å². The number of nitrogens with zero attached hydrogens (tertiary/aromatic N) is 4. The molecule has 4 N–H and O–H groups in total. The van der Waals surface area contributed by atoms with Crippen LogP contribution in [-0.2, 0) is 18.9 Å². The highest BCUT2D eigenvalue weighted by atomic mass is 16.7. The summed E-state index contributed by atoms with van der Waals surface area (Å²) in [6, 6.07) is 20.2. The fourth-order valence-electron chi connectivity index (χ4n) is 8.52. The Morgan fingerprint density at radius 1 is 0.741 bits per heavy atom. The maximum atomic E-state index is 9.97. The second-order valence-electron chi connectivity index (χ2n) is 15.4. The number of benzene rings is 2. The van der Waals surface area contributed by atoms with Gasteiger partial charge < -0.3 is 49.0 Å². The minimum Gasteiger partial charge on any atom is -0.487 e. The molecule has 8 rings (SSSR count). The van der Waals surface area contributed by atoms with Gasteiger partial charge in [0.2, 0.25) is 5.79 Å². The lowest BCUT2D eigenvalue weighted by Crippen LogP contribution is -2.52. The Hall–Kier alpha value is -5.64. The number of nitrogens with one attached hydrogen (secondary N) is 4. The predicted octanol–water partition coefficient (Wildman–Crippen LogP) is 6.60. The summed E-state index contributed by atoms with van der Waals surface area (Å²) < 4.78 is 39.9. The molecule has 2 unspecified atom stereocenters. The summed E-state index contributed by atoms with van der Waals surface area (Å²) in [5.41, 5.74) is 4.67. The quantitative estimate of drug-likeness (QED) is 0.108. The summed E-state index contributed by atoms with van der Waals surface area (Å²) in [7, 11) is 3.06. The van der Waals surface area contributed by atoms with Crippen LogP contribution in [-0.4, -0.2) is 86.0 Å². The number of ether oxygens (including phenoxy) is 6. The molecule has 0 radical (unpaired) electrons. The maximum absolute atomic E-state index is 9.97. The van der Waals surface area contributed by atoms with Crippen LogP contribution in [0.3, 0.4) is 0 Å². The molecule has 5 heterocycles. The van der Waals surface area contributed by atoms with Gasteiger partial charge in [-0.2, -0.15) is 15.5 Å². The topological polar surface area (TPSA) is 183 Å². The highest BCUT2D eigenvalue weighted by Crippen LogP contribution is 2.43. The average Bonchev–Trinajstić information content (AvgIpc) is 3.80. The monoisotopic (exact) mass is 786 g/mol. The van der Waals surface area contributed by atoms with E-state index in [1.165, 1.54) is 14.2 Å². The van der Waals surface area contributed by atoms with Crippen molar-refractivity contribution >= 4 is 33.5 Å². The van der Waals surface area contributed by atoms with E-state index in [-0.39, 0.29) is 30.7 Å². The molecule has 302 valence electrons. The number of amidine groups is 1. The number of hydrogen-bond acceptors (Lipinski definition) is 12. The van der Waals surface area contributed by atoms with E-state index in [2.05, 4.69) is 32.7 Å². The smallest absolute Gasteiger partial charge is 0.391 e. The number of nitriles is 2. The Morgan fingerprint density at radius 2 is 1.26 bits per heavy atom. The normalized spacial score (nSPS) is 20.4. The first-order valence-corrected chi connectivity index (χ1v) is 20.0. The SMILES string of the molecule is COC1(OC)C=C2C(=NC(OC(CC#N)C3CCNCC3)=NC2(Oc2ccc3[nH]c(C)cc3c2)Oc2ccc3[nH]c(C)cc3c2)C=C1OC(CC#N)C1CCNCC1. The van der Waals surface area contributed by atoms with Gasteiger partial charge >= 0.3 is 11.9 Å². The molecule has 2 fully saturated rings. The molecule has 2 saturated heterocycles. The average molecular weight is 787 g/mol. The summed E-state index contributed by atoms with van der Waals surface area (Å²) in [5.74, 6) is -2.06. The number of piperidine rings is 2. The van der Waals surface area contributed by atoms with Crippen molar-refractivity contribution in [2.45, 2.75) is 76.3 Å². The van der Waals surface area contributed by atoms with E-state index in [4.69, 9.17) is 38.4 Å². The van der Waals surface area contributed by atoms with Gasteiger partial charge in [0, 0.05) is 53.5 Å². The predicted molar refractivity (Wildman–Crippen MR) is 219 cm³/mol. The zero-order valence-electron chi connectivity index (χ0n) is 33.4. The van der Waals surface area contributed by atoms with Gasteiger partial charge in [0.15, 0.2) is 5.76 Å². The van der Waals surface area contributed by atoms with Crippen molar-refractivity contribution in [1.29, 1.82) is 10.5 Å². The van der Waals surface area contributed by atoms with Crippen molar-refractivity contribution in [2.24, 2.45) is 21.8 Å². The Morgan fingerprint density at radius 3 is 1.76 bits per heavy atom. The molecule has 1 aliphatic carbocycles. The van der Waals surface area contributed by atoms with E-state index in [9.17, 15) is 10.5 Å². The van der Waals surface area contributed by atoms with Crippen molar-refractivity contribution in [3.8, 4) is 23.6 Å². The highest BCUT2D eigenvalue weighted by Gasteiger charge is 2.53. The molecule has 0 amide bonds. The molecule has 14 nitrogen and oxygen atoms in total. The van der Waals surface area contributed by atoms with Crippen LogP contribution < -0.4 is 20.1 Å². The fourth-order valence-corrected chi connectivity index (χ4v) is 8.52. The zero-order valence-corrected chi connectivity index (χ0v) is 33.4. The van der Waals surface area contributed by atoms with Crippen LogP contribution in [0.15, 0.2) is 82.0 Å². The fraction of sp³-hybridized carbons (Fsp3) is 0.455. The van der Waals surface area contributed by atoms with Gasteiger partial charge in [-0.25, -0.2) is 0 Å². The first-order chi connectivity index (χ1) is 28.2. The molecule has 4 aliphatic rings. The number of fused-ring (bicyclic) bond motifs is 3. The highest BCUT2D eigenvalue weighted by molar-refractivity contribution is 6.16. The number of aromatic nitrogens is 2. The lowest BCUT2D eigenvalue weighted by Gasteiger charge is -2.41. The van der Waals surface area contributed by atoms with Crippen LogP contribution in [0, 0.1) is 48.3 Å². The van der Waals surface area contributed by atoms with Crippen molar-refractivity contribution in [1.82, 2.24) is 20.6 Å². The number of aryl methyl sites for hydroxylation is 2. The summed E-state index contributed by atoms with van der Waals surface area (Å²) in [6.07, 6.45) is 6.26. The maximum Gasteiger partial charge on any atom is 0.391 e. The van der Waals surface area contributed by atoms with Gasteiger partial charge in [0.1, 0.15) is 23.7 Å². The molecule has 2 atom stereocenters. The van der Waals surface area contributed by atoms with Crippen molar-refractivity contribution in [3.63, 3.8) is 0 Å². The van der Waals surface area contributed by atoms with E-state index in [0.717, 1.165) is 85.1 Å². The summed E-state index contributed by atoms with van der Waals surface area (Å²) in [5, 5.41) is 28.6. The van der Waals surface area contributed by atoms with Crippen LogP contribution in [0.1, 0.15) is 49.9 Å². The number of H-pyrrole nitrogens is 2. The number of methoxy groups -OCH3 is 2. The third-order valence-electron chi connectivity index (χ3n) is 11.5. The molecule has 14 heteroatoms. The largest absolute Gasteiger partial charge is 0.487 e.